The third kappa shape index (κ3) is 1.56. The maximum Gasteiger partial charge on any atom is 0.338 e. The summed E-state index contributed by atoms with van der Waals surface area (Å²) >= 11 is 0. The topological polar surface area (TPSA) is 42.1 Å². The molecule has 1 aromatic heterocycles. The maximum absolute atomic E-state index is 11.8. The molecule has 0 fully saturated rings. The summed E-state index contributed by atoms with van der Waals surface area (Å²) in [6, 6.07) is 11.7. The number of hydrogen-bond acceptors (Lipinski definition) is 2. The van der Waals surface area contributed by atoms with E-state index in [9.17, 15) is 4.79 Å². The van der Waals surface area contributed by atoms with Crippen LogP contribution < -0.4 is 0 Å². The fourth-order valence-electron chi connectivity index (χ4n) is 2.28. The summed E-state index contributed by atoms with van der Waals surface area (Å²) in [5.74, 6) is -0.258. The number of carbonyl (C=O) groups is 1. The van der Waals surface area contributed by atoms with Gasteiger partial charge in [0.1, 0.15) is 0 Å². The van der Waals surface area contributed by atoms with Crippen LogP contribution in [0.3, 0.4) is 0 Å². The third-order valence-corrected chi connectivity index (χ3v) is 3.09. The Morgan fingerprint density at radius 3 is 2.78 bits per heavy atom. The lowest BCUT2D eigenvalue weighted by Crippen LogP contribution is -2.03. The highest BCUT2D eigenvalue weighted by Gasteiger charge is 2.13. The molecule has 3 aromatic rings. The van der Waals surface area contributed by atoms with Gasteiger partial charge in [0.05, 0.1) is 12.2 Å². The van der Waals surface area contributed by atoms with Gasteiger partial charge in [-0.3, -0.25) is 0 Å². The van der Waals surface area contributed by atoms with E-state index in [0.29, 0.717) is 12.2 Å². The molecule has 0 aliphatic rings. The van der Waals surface area contributed by atoms with Crippen molar-refractivity contribution in [2.75, 3.05) is 6.61 Å². The van der Waals surface area contributed by atoms with Crippen LogP contribution in [0.4, 0.5) is 0 Å². The Hall–Kier alpha value is -2.29. The summed E-state index contributed by atoms with van der Waals surface area (Å²) in [4.78, 5) is 15.0. The highest BCUT2D eigenvalue weighted by Crippen LogP contribution is 2.28. The van der Waals surface area contributed by atoms with Crippen molar-refractivity contribution in [3.63, 3.8) is 0 Å². The standard InChI is InChI=1S/C15H13NO2/c1-2-18-15(17)13-6-5-10-11(13)7-8-14-12(10)4-3-9-16-14/h3-9,16H,2H2,1H3. The zero-order valence-electron chi connectivity index (χ0n) is 10.1. The third-order valence-electron chi connectivity index (χ3n) is 3.09. The number of ether oxygens (including phenoxy) is 1. The second kappa shape index (κ2) is 4.18. The minimum Gasteiger partial charge on any atom is -0.462 e. The molecule has 2 aromatic carbocycles. The van der Waals surface area contributed by atoms with Crippen LogP contribution in [-0.4, -0.2) is 17.6 Å². The summed E-state index contributed by atoms with van der Waals surface area (Å²) in [7, 11) is 0. The number of aromatic nitrogens is 1. The number of carbonyl (C=O) groups excluding carboxylic acids is 1. The number of aromatic amines is 1. The van der Waals surface area contributed by atoms with E-state index in [0.717, 1.165) is 21.7 Å². The van der Waals surface area contributed by atoms with Gasteiger partial charge in [-0.05, 0) is 35.9 Å². The Bertz CT molecular complexity index is 728. The SMILES string of the molecule is CCOC(=O)c1ccc2c1ccc1[nH]cccc12. The fourth-order valence-corrected chi connectivity index (χ4v) is 2.28. The van der Waals surface area contributed by atoms with Gasteiger partial charge in [-0.25, -0.2) is 4.79 Å². The van der Waals surface area contributed by atoms with E-state index < -0.39 is 0 Å². The summed E-state index contributed by atoms with van der Waals surface area (Å²) in [5.41, 5.74) is 1.70. The van der Waals surface area contributed by atoms with Crippen LogP contribution in [0.1, 0.15) is 17.3 Å². The summed E-state index contributed by atoms with van der Waals surface area (Å²) in [6.45, 7) is 2.21. The molecule has 1 heterocycles. The second-order valence-corrected chi connectivity index (χ2v) is 4.13. The van der Waals surface area contributed by atoms with Gasteiger partial charge in [0.25, 0.3) is 0 Å². The molecule has 0 amide bonds. The van der Waals surface area contributed by atoms with Crippen LogP contribution in [0.5, 0.6) is 0 Å². The average Bonchev–Trinajstić information content (AvgIpc) is 2.83. The first-order chi connectivity index (χ1) is 8.81. The molecule has 0 saturated heterocycles. The molecule has 0 spiro atoms. The lowest BCUT2D eigenvalue weighted by Gasteiger charge is -2.02. The number of hydrogen-bond donors (Lipinski definition) is 1. The number of nitrogens with one attached hydrogen (secondary N) is 1. The van der Waals surface area contributed by atoms with Gasteiger partial charge in [0.2, 0.25) is 0 Å². The number of benzene rings is 1. The van der Waals surface area contributed by atoms with Crippen molar-refractivity contribution in [3.8, 4) is 0 Å². The van der Waals surface area contributed by atoms with E-state index in [1.165, 1.54) is 0 Å². The minimum absolute atomic E-state index is 0.258. The van der Waals surface area contributed by atoms with Crippen molar-refractivity contribution in [1.29, 1.82) is 0 Å². The van der Waals surface area contributed by atoms with Gasteiger partial charge in [0, 0.05) is 17.1 Å². The smallest absolute Gasteiger partial charge is 0.338 e. The normalized spacial score (nSPS) is 10.9. The molecule has 0 atom stereocenters. The van der Waals surface area contributed by atoms with Crippen molar-refractivity contribution in [2.24, 2.45) is 0 Å². The highest BCUT2D eigenvalue weighted by molar-refractivity contribution is 6.14. The molecule has 90 valence electrons. The van der Waals surface area contributed by atoms with Gasteiger partial charge in [0.15, 0.2) is 0 Å². The van der Waals surface area contributed by atoms with Crippen LogP contribution in [0.25, 0.3) is 21.7 Å². The van der Waals surface area contributed by atoms with Crippen LogP contribution in [-0.2, 0) is 4.74 Å². The van der Waals surface area contributed by atoms with E-state index in [-0.39, 0.29) is 5.97 Å². The largest absolute Gasteiger partial charge is 0.462 e. The van der Waals surface area contributed by atoms with Gasteiger partial charge < -0.3 is 9.72 Å². The Labute approximate surface area is 104 Å². The predicted octanol–water partition coefficient (Wildman–Crippen LogP) is 3.50. The van der Waals surface area contributed by atoms with E-state index >= 15 is 0 Å². The average molecular weight is 239 g/mol. The lowest BCUT2D eigenvalue weighted by atomic mass is 10.1. The maximum atomic E-state index is 11.8. The molecule has 0 aliphatic carbocycles. The first kappa shape index (κ1) is 10.8. The van der Waals surface area contributed by atoms with E-state index in [1.807, 2.05) is 49.5 Å². The molecule has 0 unspecified atom stereocenters. The van der Waals surface area contributed by atoms with Crippen molar-refractivity contribution in [2.45, 2.75) is 6.92 Å². The number of rotatable bonds is 2. The molecule has 0 bridgehead atoms. The van der Waals surface area contributed by atoms with Crippen LogP contribution in [0.2, 0.25) is 0 Å². The molecular weight excluding hydrogens is 226 g/mol. The quantitative estimate of drug-likeness (QED) is 0.695. The van der Waals surface area contributed by atoms with E-state index in [4.69, 9.17) is 4.74 Å². The molecule has 1 N–H and O–H groups in total. The van der Waals surface area contributed by atoms with Crippen molar-refractivity contribution in [3.05, 3.63) is 48.2 Å². The lowest BCUT2D eigenvalue weighted by molar-refractivity contribution is 0.0529. The molecule has 0 saturated carbocycles. The van der Waals surface area contributed by atoms with Crippen LogP contribution in [0.15, 0.2) is 42.6 Å². The molecule has 3 heteroatoms. The zero-order chi connectivity index (χ0) is 12.5. The summed E-state index contributed by atoms with van der Waals surface area (Å²) < 4.78 is 5.06. The van der Waals surface area contributed by atoms with Crippen LogP contribution >= 0.6 is 0 Å². The van der Waals surface area contributed by atoms with Gasteiger partial charge in [-0.1, -0.05) is 18.2 Å². The van der Waals surface area contributed by atoms with Crippen molar-refractivity contribution >= 4 is 27.6 Å². The van der Waals surface area contributed by atoms with Gasteiger partial charge in [-0.2, -0.15) is 0 Å². The van der Waals surface area contributed by atoms with E-state index in [1.54, 1.807) is 0 Å². The Kier molecular flexibility index (Phi) is 2.52. The van der Waals surface area contributed by atoms with Gasteiger partial charge in [-0.15, -0.1) is 0 Å². The molecule has 18 heavy (non-hydrogen) atoms. The monoisotopic (exact) mass is 239 g/mol. The van der Waals surface area contributed by atoms with Crippen LogP contribution in [0, 0.1) is 0 Å². The molecular formula is C15H13NO2. The number of pyridine rings is 1. The first-order valence-corrected chi connectivity index (χ1v) is 5.97. The molecule has 3 nitrogen and oxygen atoms in total. The number of esters is 1. The van der Waals surface area contributed by atoms with Crippen molar-refractivity contribution < 1.29 is 9.53 Å². The second-order valence-electron chi connectivity index (χ2n) is 4.13. The number of fused-ring (bicyclic) bond motifs is 3. The molecule has 0 aliphatic heterocycles. The zero-order valence-corrected chi connectivity index (χ0v) is 10.1. The first-order valence-electron chi connectivity index (χ1n) is 5.97. The van der Waals surface area contributed by atoms with Crippen molar-refractivity contribution in [1.82, 2.24) is 4.98 Å². The molecule has 0 radical (unpaired) electrons. The predicted molar refractivity (Wildman–Crippen MR) is 71.8 cm³/mol. The van der Waals surface area contributed by atoms with E-state index in [2.05, 4.69) is 4.98 Å². The summed E-state index contributed by atoms with van der Waals surface area (Å²) in [6.07, 6.45) is 1.89. The summed E-state index contributed by atoms with van der Waals surface area (Å²) in [5, 5.41) is 3.14. The Balaban J connectivity index is 2.26. The minimum atomic E-state index is -0.258. The fraction of sp³-hybridized carbons (Fsp3) is 0.133. The highest BCUT2D eigenvalue weighted by atomic mass is 16.5. The molecule has 3 rings (SSSR count). The van der Waals surface area contributed by atoms with Gasteiger partial charge >= 0.3 is 5.97 Å². The number of H-pyrrole nitrogens is 1. The Morgan fingerprint density at radius 2 is 1.94 bits per heavy atom. The Morgan fingerprint density at radius 1 is 1.11 bits per heavy atom.